The Morgan fingerprint density at radius 2 is 1.82 bits per heavy atom. The summed E-state index contributed by atoms with van der Waals surface area (Å²) in [4.78, 5) is 24.8. The van der Waals surface area contributed by atoms with Gasteiger partial charge in [0, 0.05) is 25.2 Å². The van der Waals surface area contributed by atoms with Gasteiger partial charge in [-0.1, -0.05) is 42.0 Å². The van der Waals surface area contributed by atoms with E-state index in [4.69, 9.17) is 4.74 Å². The van der Waals surface area contributed by atoms with Crippen LogP contribution in [0.5, 0.6) is 0 Å². The summed E-state index contributed by atoms with van der Waals surface area (Å²) in [6.07, 6.45) is -0.160. The van der Waals surface area contributed by atoms with Crippen molar-refractivity contribution in [2.75, 3.05) is 13.2 Å². The highest BCUT2D eigenvalue weighted by molar-refractivity contribution is 5.94. The molecule has 1 heterocycles. The van der Waals surface area contributed by atoms with E-state index in [1.807, 2.05) is 50.2 Å². The van der Waals surface area contributed by atoms with Crippen molar-refractivity contribution in [3.63, 3.8) is 0 Å². The van der Waals surface area contributed by atoms with Gasteiger partial charge in [0.05, 0.1) is 12.7 Å². The molecule has 2 atom stereocenters. The molecule has 1 aliphatic heterocycles. The first-order valence-electron chi connectivity index (χ1n) is 9.58. The number of benzene rings is 2. The number of carbonyl (C=O) groups excluding carboxylic acids is 2. The van der Waals surface area contributed by atoms with Crippen molar-refractivity contribution in [3.8, 4) is 0 Å². The van der Waals surface area contributed by atoms with Crippen LogP contribution in [0.3, 0.4) is 0 Å². The van der Waals surface area contributed by atoms with Gasteiger partial charge < -0.3 is 20.7 Å². The molecule has 0 bridgehead atoms. The Bertz CT molecular complexity index is 820. The summed E-state index contributed by atoms with van der Waals surface area (Å²) >= 11 is 0. The molecule has 1 aliphatic rings. The number of aryl methyl sites for hydroxylation is 1. The quantitative estimate of drug-likeness (QED) is 0.714. The summed E-state index contributed by atoms with van der Waals surface area (Å²) in [5.41, 5.74) is 3.69. The van der Waals surface area contributed by atoms with Crippen LogP contribution in [0.1, 0.15) is 34.0 Å². The molecule has 148 valence electrons. The molecule has 2 aromatic rings. The molecule has 28 heavy (non-hydrogen) atoms. The second-order valence-electron chi connectivity index (χ2n) is 7.09. The number of morpholine rings is 1. The van der Waals surface area contributed by atoms with Crippen molar-refractivity contribution in [1.82, 2.24) is 16.0 Å². The lowest BCUT2D eigenvalue weighted by atomic mass is 10.1. The lowest BCUT2D eigenvalue weighted by Gasteiger charge is -2.29. The molecular weight excluding hydrogens is 354 g/mol. The van der Waals surface area contributed by atoms with Gasteiger partial charge in [0.25, 0.3) is 5.91 Å². The van der Waals surface area contributed by atoms with Gasteiger partial charge in [0.1, 0.15) is 6.04 Å². The average molecular weight is 381 g/mol. The topological polar surface area (TPSA) is 79.5 Å². The van der Waals surface area contributed by atoms with Crippen molar-refractivity contribution >= 4 is 11.8 Å². The monoisotopic (exact) mass is 381 g/mol. The molecule has 0 aromatic heterocycles. The predicted molar refractivity (Wildman–Crippen MR) is 108 cm³/mol. The van der Waals surface area contributed by atoms with Crippen LogP contribution in [-0.4, -0.2) is 37.1 Å². The van der Waals surface area contributed by atoms with E-state index in [2.05, 4.69) is 16.0 Å². The van der Waals surface area contributed by atoms with Gasteiger partial charge in [0.2, 0.25) is 5.91 Å². The summed E-state index contributed by atoms with van der Waals surface area (Å²) in [5, 5.41) is 9.02. The molecule has 6 nitrogen and oxygen atoms in total. The van der Waals surface area contributed by atoms with Crippen LogP contribution >= 0.6 is 0 Å². The fourth-order valence-electron chi connectivity index (χ4n) is 3.14. The van der Waals surface area contributed by atoms with E-state index in [-0.39, 0.29) is 24.0 Å². The zero-order chi connectivity index (χ0) is 19.9. The number of amides is 2. The highest BCUT2D eigenvalue weighted by Gasteiger charge is 2.27. The highest BCUT2D eigenvalue weighted by atomic mass is 16.5. The largest absolute Gasteiger partial charge is 0.375 e. The minimum absolute atomic E-state index is 0.0959. The first-order valence-corrected chi connectivity index (χ1v) is 9.58. The van der Waals surface area contributed by atoms with E-state index >= 15 is 0 Å². The minimum Gasteiger partial charge on any atom is -0.375 e. The second-order valence-corrected chi connectivity index (χ2v) is 7.09. The molecular formula is C22H27N3O3. The van der Waals surface area contributed by atoms with E-state index in [9.17, 15) is 9.59 Å². The van der Waals surface area contributed by atoms with Crippen LogP contribution in [0, 0.1) is 6.92 Å². The van der Waals surface area contributed by atoms with Gasteiger partial charge in [-0.25, -0.2) is 0 Å². The van der Waals surface area contributed by atoms with E-state index in [1.54, 1.807) is 12.1 Å². The number of hydrogen-bond acceptors (Lipinski definition) is 4. The molecule has 0 radical (unpaired) electrons. The summed E-state index contributed by atoms with van der Waals surface area (Å²) in [7, 11) is 0. The molecule has 3 N–H and O–H groups in total. The van der Waals surface area contributed by atoms with Crippen molar-refractivity contribution in [3.05, 3.63) is 70.8 Å². The Morgan fingerprint density at radius 1 is 1.07 bits per heavy atom. The second kappa shape index (κ2) is 9.48. The maximum Gasteiger partial charge on any atom is 0.251 e. The number of ether oxygens (including phenoxy) is 1. The smallest absolute Gasteiger partial charge is 0.251 e. The summed E-state index contributed by atoms with van der Waals surface area (Å²) in [6, 6.07) is 15.0. The van der Waals surface area contributed by atoms with Crippen LogP contribution in [0.15, 0.2) is 48.5 Å². The Balaban J connectivity index is 1.53. The van der Waals surface area contributed by atoms with Crippen molar-refractivity contribution in [1.29, 1.82) is 0 Å². The van der Waals surface area contributed by atoms with Crippen LogP contribution in [0.4, 0.5) is 0 Å². The summed E-state index contributed by atoms with van der Waals surface area (Å²) in [5.74, 6) is -0.230. The average Bonchev–Trinajstić information content (AvgIpc) is 2.72. The number of hydrogen-bond donors (Lipinski definition) is 3. The molecule has 0 aliphatic carbocycles. The standard InChI is InChI=1S/C22H27N3O3/c1-15-6-8-17(9-7-15)13-24-21(26)19-5-3-4-18(12-19)14-25-22(27)20-16(2)28-11-10-23-20/h3-9,12,16,20,23H,10-11,13-14H2,1-2H3,(H,24,26)(H,25,27)/t16-,20+/m1/s1. The Hall–Kier alpha value is -2.70. The minimum atomic E-state index is -0.352. The lowest BCUT2D eigenvalue weighted by molar-refractivity contribution is -0.129. The molecule has 1 fully saturated rings. The van der Waals surface area contributed by atoms with Crippen molar-refractivity contribution in [2.24, 2.45) is 0 Å². The third kappa shape index (κ3) is 5.41. The van der Waals surface area contributed by atoms with Gasteiger partial charge in [-0.05, 0) is 37.1 Å². The first kappa shape index (κ1) is 20.0. The van der Waals surface area contributed by atoms with Gasteiger partial charge >= 0.3 is 0 Å². The third-order valence-electron chi connectivity index (χ3n) is 4.83. The van der Waals surface area contributed by atoms with E-state index in [0.29, 0.717) is 31.8 Å². The Morgan fingerprint density at radius 3 is 2.57 bits per heavy atom. The van der Waals surface area contributed by atoms with Gasteiger partial charge in [-0.2, -0.15) is 0 Å². The van der Waals surface area contributed by atoms with Gasteiger partial charge in [-0.3, -0.25) is 9.59 Å². The Kier molecular flexibility index (Phi) is 6.79. The van der Waals surface area contributed by atoms with E-state index in [1.165, 1.54) is 5.56 Å². The van der Waals surface area contributed by atoms with Crippen molar-refractivity contribution < 1.29 is 14.3 Å². The third-order valence-corrected chi connectivity index (χ3v) is 4.83. The Labute approximate surface area is 165 Å². The SMILES string of the molecule is Cc1ccc(CNC(=O)c2cccc(CNC(=O)[C@H]3NCCO[C@@H]3C)c2)cc1. The van der Waals surface area contributed by atoms with Crippen LogP contribution < -0.4 is 16.0 Å². The van der Waals surface area contributed by atoms with Crippen LogP contribution in [0.2, 0.25) is 0 Å². The predicted octanol–water partition coefficient (Wildman–Crippen LogP) is 1.92. The maximum absolute atomic E-state index is 12.4. The zero-order valence-corrected chi connectivity index (χ0v) is 16.3. The molecule has 0 spiro atoms. The molecule has 1 saturated heterocycles. The fourth-order valence-corrected chi connectivity index (χ4v) is 3.14. The van der Waals surface area contributed by atoms with E-state index < -0.39 is 0 Å². The molecule has 0 saturated carbocycles. The number of rotatable bonds is 6. The van der Waals surface area contributed by atoms with E-state index in [0.717, 1.165) is 11.1 Å². The molecule has 2 aromatic carbocycles. The maximum atomic E-state index is 12.4. The van der Waals surface area contributed by atoms with Crippen molar-refractivity contribution in [2.45, 2.75) is 39.1 Å². The zero-order valence-electron chi connectivity index (χ0n) is 16.3. The van der Waals surface area contributed by atoms with Crippen LogP contribution in [0.25, 0.3) is 0 Å². The van der Waals surface area contributed by atoms with Gasteiger partial charge in [0.15, 0.2) is 0 Å². The molecule has 6 heteroatoms. The van der Waals surface area contributed by atoms with Crippen LogP contribution in [-0.2, 0) is 22.6 Å². The molecule has 0 unspecified atom stereocenters. The normalized spacial score (nSPS) is 19.1. The molecule has 3 rings (SSSR count). The number of nitrogens with one attached hydrogen (secondary N) is 3. The fraction of sp³-hybridized carbons (Fsp3) is 0.364. The lowest BCUT2D eigenvalue weighted by Crippen LogP contribution is -2.55. The molecule has 2 amide bonds. The summed E-state index contributed by atoms with van der Waals surface area (Å²) < 4.78 is 5.51. The highest BCUT2D eigenvalue weighted by Crippen LogP contribution is 2.08. The first-order chi connectivity index (χ1) is 13.5. The number of carbonyl (C=O) groups is 2. The van der Waals surface area contributed by atoms with Gasteiger partial charge in [-0.15, -0.1) is 0 Å². The summed E-state index contributed by atoms with van der Waals surface area (Å²) in [6.45, 7) is 6.04.